The van der Waals surface area contributed by atoms with Crippen LogP contribution in [0.15, 0.2) is 0 Å². The molecule has 1 amide bonds. The summed E-state index contributed by atoms with van der Waals surface area (Å²) in [5.74, 6) is 1.33. The van der Waals surface area contributed by atoms with Gasteiger partial charge in [0.1, 0.15) is 0 Å². The lowest BCUT2D eigenvalue weighted by atomic mass is 9.43. The van der Waals surface area contributed by atoms with Crippen LogP contribution in [0.2, 0.25) is 0 Å². The van der Waals surface area contributed by atoms with E-state index in [1.54, 1.807) is 0 Å². The van der Waals surface area contributed by atoms with Crippen LogP contribution in [0, 0.1) is 46.3 Å². The summed E-state index contributed by atoms with van der Waals surface area (Å²) in [5, 5.41) is 32.4. The molecular weight excluding hydrogens is 494 g/mol. The Morgan fingerprint density at radius 1 is 1.05 bits per heavy atom. The first-order chi connectivity index (χ1) is 17.3. The van der Waals surface area contributed by atoms with Gasteiger partial charge in [0.15, 0.2) is 0 Å². The molecule has 0 aromatic rings. The lowest BCUT2D eigenvalue weighted by molar-refractivity contribution is -0.207. The zero-order chi connectivity index (χ0) is 26.9. The van der Waals surface area contributed by atoms with E-state index in [0.717, 1.165) is 38.5 Å². The molecule has 5 fully saturated rings. The van der Waals surface area contributed by atoms with E-state index in [-0.39, 0.29) is 65.4 Å². The summed E-state index contributed by atoms with van der Waals surface area (Å²) in [5.41, 5.74) is -0.260. The number of rotatable bonds is 5. The van der Waals surface area contributed by atoms with Crippen molar-refractivity contribution in [2.45, 2.75) is 109 Å². The lowest BCUT2D eigenvalue weighted by Crippen LogP contribution is -2.62. The molecule has 0 radical (unpaired) electrons. The summed E-state index contributed by atoms with van der Waals surface area (Å²) in [6.45, 7) is 7.03. The molecule has 8 nitrogen and oxygen atoms in total. The Morgan fingerprint density at radius 3 is 2.46 bits per heavy atom. The van der Waals surface area contributed by atoms with Crippen molar-refractivity contribution in [2.24, 2.45) is 46.3 Å². The Labute approximate surface area is 221 Å². The molecule has 4 saturated carbocycles. The number of nitrogens with zero attached hydrogens (tertiary/aromatic N) is 1. The lowest BCUT2D eigenvalue weighted by Gasteiger charge is -2.63. The van der Waals surface area contributed by atoms with Crippen molar-refractivity contribution in [2.75, 3.05) is 13.1 Å². The Hall–Kier alpha value is -0.740. The number of fused-ring (bicyclic) bond motifs is 5. The molecule has 0 aromatic carbocycles. The quantitative estimate of drug-likeness (QED) is 0.456. The van der Waals surface area contributed by atoms with Crippen molar-refractivity contribution < 1.29 is 33.1 Å². The average Bonchev–Trinajstić information content (AvgIpc) is 3.45. The molecule has 1 heterocycles. The molecule has 1 aliphatic heterocycles. The third kappa shape index (κ3) is 4.58. The number of amides is 1. The highest BCUT2D eigenvalue weighted by Crippen LogP contribution is 2.68. The van der Waals surface area contributed by atoms with Crippen molar-refractivity contribution in [3.05, 3.63) is 0 Å². The van der Waals surface area contributed by atoms with Crippen LogP contribution in [0.25, 0.3) is 0 Å². The second-order valence-corrected chi connectivity index (χ2v) is 15.4. The fraction of sp³-hybridized carbons (Fsp3) is 0.964. The number of hydrogen-bond acceptors (Lipinski definition) is 7. The Balaban J connectivity index is 1.26. The van der Waals surface area contributed by atoms with Crippen molar-refractivity contribution in [1.29, 1.82) is 0 Å². The number of hydrogen-bond donors (Lipinski definition) is 3. The largest absolute Gasteiger partial charge is 0.748 e. The molecule has 0 bridgehead atoms. The highest BCUT2D eigenvalue weighted by Gasteiger charge is 2.65. The third-order valence-corrected chi connectivity index (χ3v) is 13.4. The molecule has 0 spiro atoms. The second kappa shape index (κ2) is 9.72. The Morgan fingerprint density at radius 2 is 1.78 bits per heavy atom. The minimum Gasteiger partial charge on any atom is -0.748 e. The Bertz CT molecular complexity index is 989. The minimum absolute atomic E-state index is 0.00126. The summed E-state index contributed by atoms with van der Waals surface area (Å²) in [7, 11) is -4.37. The molecule has 1 saturated heterocycles. The van der Waals surface area contributed by atoms with Gasteiger partial charge < -0.3 is 24.8 Å². The van der Waals surface area contributed by atoms with Gasteiger partial charge in [-0.05, 0) is 104 Å². The van der Waals surface area contributed by atoms with E-state index in [1.165, 1.54) is 4.90 Å². The van der Waals surface area contributed by atoms with Crippen molar-refractivity contribution in [3.63, 3.8) is 0 Å². The second-order valence-electron chi connectivity index (χ2n) is 13.8. The van der Waals surface area contributed by atoms with Gasteiger partial charge in [0.2, 0.25) is 5.91 Å². The van der Waals surface area contributed by atoms with Gasteiger partial charge in [-0.3, -0.25) is 4.79 Å². The SMILES string of the molecule is C[C@H](CCC(=O)N1CC[C@H](S(=O)(=O)[O-])C1)[C@H]1CC[C@H]2[C@@H]3[C@H](O)C[C@@H]4C[C@H](O)CC[C@]4(C)[C@H]3C[C@H](O)[C@]12C. The van der Waals surface area contributed by atoms with Gasteiger partial charge in [0, 0.05) is 19.5 Å². The first-order valence-corrected chi connectivity index (χ1v) is 16.0. The zero-order valence-electron chi connectivity index (χ0n) is 22.6. The van der Waals surface area contributed by atoms with Gasteiger partial charge in [0.05, 0.1) is 33.7 Å². The monoisotopic (exact) mass is 540 g/mol. The van der Waals surface area contributed by atoms with Crippen molar-refractivity contribution >= 4 is 16.0 Å². The van der Waals surface area contributed by atoms with Gasteiger partial charge in [-0.15, -0.1) is 0 Å². The summed E-state index contributed by atoms with van der Waals surface area (Å²) in [4.78, 5) is 14.3. The molecule has 12 atom stereocenters. The summed E-state index contributed by atoms with van der Waals surface area (Å²) >= 11 is 0. The standard InChI is InChI=1S/C28H47NO7S/c1-16(4-7-25(33)29-11-9-19(15-29)37(34,35)36)20-5-6-21-26-22(14-24(32)28(20,21)3)27(2)10-8-18(30)12-17(27)13-23(26)31/h16-24,26,30-32H,4-15H2,1-3H3,(H,34,35,36)/p-1/t16-,17+,18-,19+,20-,21+,22+,23-,24+,26+,27+,28-/m1/s1. The predicted octanol–water partition coefficient (Wildman–Crippen LogP) is 2.51. The van der Waals surface area contributed by atoms with Gasteiger partial charge in [0.25, 0.3) is 0 Å². The first kappa shape index (κ1) is 27.8. The molecule has 5 rings (SSSR count). The normalized spacial score (nSPS) is 48.7. The first-order valence-electron chi connectivity index (χ1n) is 14.5. The predicted molar refractivity (Wildman–Crippen MR) is 137 cm³/mol. The zero-order valence-corrected chi connectivity index (χ0v) is 23.4. The maximum Gasteiger partial charge on any atom is 0.222 e. The van der Waals surface area contributed by atoms with Crippen LogP contribution in [-0.2, 0) is 14.9 Å². The Kier molecular flexibility index (Phi) is 7.30. The fourth-order valence-corrected chi connectivity index (χ4v) is 10.8. The molecular formula is C28H46NO7S-. The highest BCUT2D eigenvalue weighted by atomic mass is 32.2. The molecule has 0 aromatic heterocycles. The van der Waals surface area contributed by atoms with Gasteiger partial charge >= 0.3 is 0 Å². The van der Waals surface area contributed by atoms with E-state index in [0.29, 0.717) is 31.7 Å². The smallest absolute Gasteiger partial charge is 0.222 e. The molecule has 9 heteroatoms. The average molecular weight is 541 g/mol. The van der Waals surface area contributed by atoms with E-state index >= 15 is 0 Å². The maximum absolute atomic E-state index is 12.8. The van der Waals surface area contributed by atoms with E-state index in [1.807, 2.05) is 0 Å². The minimum atomic E-state index is -4.37. The van der Waals surface area contributed by atoms with E-state index in [2.05, 4.69) is 20.8 Å². The van der Waals surface area contributed by atoms with Gasteiger partial charge in [-0.25, -0.2) is 8.42 Å². The summed E-state index contributed by atoms with van der Waals surface area (Å²) < 4.78 is 34.0. The third-order valence-electron chi connectivity index (χ3n) is 12.2. The number of aliphatic hydroxyl groups excluding tert-OH is 3. The molecule has 212 valence electrons. The number of carbonyl (C=O) groups excluding carboxylic acids is 1. The maximum atomic E-state index is 12.8. The summed E-state index contributed by atoms with van der Waals surface area (Å²) in [6, 6.07) is 0. The number of carbonyl (C=O) groups is 1. The summed E-state index contributed by atoms with van der Waals surface area (Å²) in [6.07, 6.45) is 5.95. The van der Waals surface area contributed by atoms with Crippen LogP contribution in [0.5, 0.6) is 0 Å². The number of likely N-dealkylation sites (tertiary alicyclic amines) is 1. The van der Waals surface area contributed by atoms with Crippen LogP contribution in [0.4, 0.5) is 0 Å². The van der Waals surface area contributed by atoms with E-state index in [4.69, 9.17) is 0 Å². The molecule has 37 heavy (non-hydrogen) atoms. The number of aliphatic hydroxyl groups is 3. The fourth-order valence-electron chi connectivity index (χ4n) is 10.0. The van der Waals surface area contributed by atoms with Crippen LogP contribution in [-0.4, -0.2) is 75.7 Å². The van der Waals surface area contributed by atoms with Gasteiger partial charge in [-0.1, -0.05) is 20.8 Å². The molecule has 4 aliphatic carbocycles. The van der Waals surface area contributed by atoms with Crippen molar-refractivity contribution in [3.8, 4) is 0 Å². The van der Waals surface area contributed by atoms with E-state index < -0.39 is 27.6 Å². The van der Waals surface area contributed by atoms with Crippen LogP contribution in [0.3, 0.4) is 0 Å². The highest BCUT2D eigenvalue weighted by molar-refractivity contribution is 7.86. The van der Waals surface area contributed by atoms with E-state index in [9.17, 15) is 33.1 Å². The molecule has 3 N–H and O–H groups in total. The van der Waals surface area contributed by atoms with Gasteiger partial charge in [-0.2, -0.15) is 0 Å². The van der Waals surface area contributed by atoms with Crippen molar-refractivity contribution in [1.82, 2.24) is 4.90 Å². The van der Waals surface area contributed by atoms with Crippen LogP contribution >= 0.6 is 0 Å². The van der Waals surface area contributed by atoms with Crippen LogP contribution < -0.4 is 0 Å². The molecule has 0 unspecified atom stereocenters. The molecule has 5 aliphatic rings. The van der Waals surface area contributed by atoms with Crippen LogP contribution in [0.1, 0.15) is 85.0 Å². The topological polar surface area (TPSA) is 138 Å².